The average Bonchev–Trinajstić information content (AvgIpc) is 2.48. The summed E-state index contributed by atoms with van der Waals surface area (Å²) in [6.45, 7) is 1.29. The van der Waals surface area contributed by atoms with Gasteiger partial charge >= 0.3 is 0 Å². The molecule has 0 aromatic heterocycles. The topological polar surface area (TPSA) is 79.3 Å². The van der Waals surface area contributed by atoms with Gasteiger partial charge in [0, 0.05) is 20.2 Å². The van der Waals surface area contributed by atoms with Gasteiger partial charge in [0.15, 0.2) is 0 Å². The predicted molar refractivity (Wildman–Crippen MR) is 76.8 cm³/mol. The van der Waals surface area contributed by atoms with Crippen LogP contribution in [0.2, 0.25) is 0 Å². The molecule has 5 nitrogen and oxygen atoms in total. The first-order valence-corrected chi connectivity index (χ1v) is 6.63. The third-order valence-electron chi connectivity index (χ3n) is 2.99. The molecule has 0 radical (unpaired) electrons. The lowest BCUT2D eigenvalue weighted by molar-refractivity contribution is -0.133. The fourth-order valence-corrected chi connectivity index (χ4v) is 1.91. The number of nitrogens with zero attached hydrogens (tertiary/aromatic N) is 2. The number of hydrogen-bond donors (Lipinski definition) is 1. The standard InChI is InChI=1S/C15H21N3O2/c1-20-11-10-18(9-5-8-16)15(19)14(17)12-13-6-3-2-4-7-13/h2-4,6-7,14H,5,9-12,17H2,1H3/t14-/m1/s1. The van der Waals surface area contributed by atoms with E-state index in [1.165, 1.54) is 0 Å². The van der Waals surface area contributed by atoms with Crippen molar-refractivity contribution in [2.45, 2.75) is 18.9 Å². The number of benzene rings is 1. The number of nitriles is 1. The summed E-state index contributed by atoms with van der Waals surface area (Å²) in [5.41, 5.74) is 7.01. The molecule has 1 rings (SSSR count). The molecule has 0 aliphatic carbocycles. The molecule has 108 valence electrons. The first-order chi connectivity index (χ1) is 9.69. The summed E-state index contributed by atoms with van der Waals surface area (Å²) >= 11 is 0. The average molecular weight is 275 g/mol. The van der Waals surface area contributed by atoms with Crippen molar-refractivity contribution in [2.75, 3.05) is 26.8 Å². The maximum Gasteiger partial charge on any atom is 0.239 e. The Labute approximate surface area is 119 Å². The Kier molecular flexibility index (Phi) is 7.33. The van der Waals surface area contributed by atoms with E-state index in [4.69, 9.17) is 15.7 Å². The highest BCUT2D eigenvalue weighted by atomic mass is 16.5. The summed E-state index contributed by atoms with van der Waals surface area (Å²) in [6, 6.07) is 11.1. The molecular formula is C15H21N3O2. The third kappa shape index (κ3) is 5.39. The highest BCUT2D eigenvalue weighted by Crippen LogP contribution is 2.05. The van der Waals surface area contributed by atoms with Crippen LogP contribution in [-0.4, -0.2) is 43.7 Å². The maximum absolute atomic E-state index is 12.3. The van der Waals surface area contributed by atoms with Gasteiger partial charge in [-0.05, 0) is 12.0 Å². The minimum Gasteiger partial charge on any atom is -0.383 e. The van der Waals surface area contributed by atoms with Crippen molar-refractivity contribution < 1.29 is 9.53 Å². The van der Waals surface area contributed by atoms with Crippen LogP contribution in [0.15, 0.2) is 30.3 Å². The smallest absolute Gasteiger partial charge is 0.239 e. The SMILES string of the molecule is COCCN(CCC#N)C(=O)[C@H](N)Cc1ccccc1. The number of methoxy groups -OCH3 is 1. The van der Waals surface area contributed by atoms with E-state index in [0.717, 1.165) is 5.56 Å². The van der Waals surface area contributed by atoms with Gasteiger partial charge < -0.3 is 15.4 Å². The molecule has 1 atom stereocenters. The van der Waals surface area contributed by atoms with Crippen LogP contribution in [0.4, 0.5) is 0 Å². The van der Waals surface area contributed by atoms with Gasteiger partial charge in [0.1, 0.15) is 0 Å². The molecule has 20 heavy (non-hydrogen) atoms. The van der Waals surface area contributed by atoms with Crippen molar-refractivity contribution in [2.24, 2.45) is 5.73 Å². The quantitative estimate of drug-likeness (QED) is 0.766. The van der Waals surface area contributed by atoms with Crippen LogP contribution in [0.1, 0.15) is 12.0 Å². The Bertz CT molecular complexity index is 442. The molecule has 0 heterocycles. The first kappa shape index (κ1) is 16.2. The normalized spacial score (nSPS) is 11.7. The van der Waals surface area contributed by atoms with Gasteiger partial charge in [-0.25, -0.2) is 0 Å². The molecule has 1 aromatic rings. The van der Waals surface area contributed by atoms with E-state index < -0.39 is 6.04 Å². The number of carbonyl (C=O) groups excluding carboxylic acids is 1. The summed E-state index contributed by atoms with van der Waals surface area (Å²) in [7, 11) is 1.58. The Morgan fingerprint density at radius 2 is 2.10 bits per heavy atom. The van der Waals surface area contributed by atoms with Crippen LogP contribution in [0.25, 0.3) is 0 Å². The largest absolute Gasteiger partial charge is 0.383 e. The van der Waals surface area contributed by atoms with Gasteiger partial charge in [-0.2, -0.15) is 5.26 Å². The number of nitrogens with two attached hydrogens (primary N) is 1. The Morgan fingerprint density at radius 3 is 2.70 bits per heavy atom. The zero-order chi connectivity index (χ0) is 14.8. The molecule has 2 N–H and O–H groups in total. The fraction of sp³-hybridized carbons (Fsp3) is 0.467. The van der Waals surface area contributed by atoms with Gasteiger partial charge in [0.2, 0.25) is 5.91 Å². The van der Waals surface area contributed by atoms with Crippen molar-refractivity contribution in [1.29, 1.82) is 5.26 Å². The molecule has 0 aliphatic heterocycles. The second kappa shape index (κ2) is 9.08. The van der Waals surface area contributed by atoms with Gasteiger partial charge in [0.05, 0.1) is 25.1 Å². The molecular weight excluding hydrogens is 254 g/mol. The Morgan fingerprint density at radius 1 is 1.40 bits per heavy atom. The summed E-state index contributed by atoms with van der Waals surface area (Å²) in [6.07, 6.45) is 0.795. The Hall–Kier alpha value is -1.90. The van der Waals surface area contributed by atoms with Crippen LogP contribution < -0.4 is 5.73 Å². The van der Waals surface area contributed by atoms with Crippen LogP contribution in [0, 0.1) is 11.3 Å². The van der Waals surface area contributed by atoms with Crippen LogP contribution in [0.3, 0.4) is 0 Å². The van der Waals surface area contributed by atoms with E-state index in [0.29, 0.717) is 32.5 Å². The van der Waals surface area contributed by atoms with Gasteiger partial charge in [0.25, 0.3) is 0 Å². The lowest BCUT2D eigenvalue weighted by Gasteiger charge is -2.24. The van der Waals surface area contributed by atoms with E-state index in [1.54, 1.807) is 12.0 Å². The van der Waals surface area contributed by atoms with E-state index in [1.807, 2.05) is 36.4 Å². The summed E-state index contributed by atoms with van der Waals surface area (Å²) < 4.78 is 4.98. The van der Waals surface area contributed by atoms with Crippen LogP contribution in [0.5, 0.6) is 0 Å². The molecule has 0 saturated carbocycles. The zero-order valence-corrected chi connectivity index (χ0v) is 11.8. The first-order valence-electron chi connectivity index (χ1n) is 6.63. The van der Waals surface area contributed by atoms with E-state index in [9.17, 15) is 4.79 Å². The molecule has 0 saturated heterocycles. The van der Waals surface area contributed by atoms with E-state index in [-0.39, 0.29) is 5.91 Å². The van der Waals surface area contributed by atoms with E-state index in [2.05, 4.69) is 0 Å². The van der Waals surface area contributed by atoms with Crippen LogP contribution >= 0.6 is 0 Å². The maximum atomic E-state index is 12.3. The van der Waals surface area contributed by atoms with Crippen LogP contribution in [-0.2, 0) is 16.0 Å². The molecule has 0 bridgehead atoms. The third-order valence-corrected chi connectivity index (χ3v) is 2.99. The fourth-order valence-electron chi connectivity index (χ4n) is 1.91. The second-order valence-corrected chi connectivity index (χ2v) is 4.52. The minimum atomic E-state index is -0.590. The van der Waals surface area contributed by atoms with Gasteiger partial charge in [-0.1, -0.05) is 30.3 Å². The van der Waals surface area contributed by atoms with Crippen molar-refractivity contribution in [3.05, 3.63) is 35.9 Å². The highest BCUT2D eigenvalue weighted by Gasteiger charge is 2.20. The number of rotatable bonds is 8. The minimum absolute atomic E-state index is 0.138. The number of hydrogen-bond acceptors (Lipinski definition) is 4. The van der Waals surface area contributed by atoms with Crippen molar-refractivity contribution in [3.63, 3.8) is 0 Å². The molecule has 1 amide bonds. The van der Waals surface area contributed by atoms with Crippen molar-refractivity contribution in [1.82, 2.24) is 4.90 Å². The molecule has 0 unspecified atom stereocenters. The van der Waals surface area contributed by atoms with Crippen molar-refractivity contribution in [3.8, 4) is 6.07 Å². The molecule has 0 fully saturated rings. The van der Waals surface area contributed by atoms with Crippen molar-refractivity contribution >= 4 is 5.91 Å². The molecule has 1 aromatic carbocycles. The predicted octanol–water partition coefficient (Wildman–Crippen LogP) is 0.945. The number of ether oxygens (including phenoxy) is 1. The van der Waals surface area contributed by atoms with Gasteiger partial charge in [-0.3, -0.25) is 4.79 Å². The monoisotopic (exact) mass is 275 g/mol. The number of carbonyl (C=O) groups is 1. The zero-order valence-electron chi connectivity index (χ0n) is 11.8. The molecule has 0 spiro atoms. The summed E-state index contributed by atoms with van der Waals surface area (Å²) in [4.78, 5) is 13.9. The molecule has 5 heteroatoms. The molecule has 0 aliphatic rings. The van der Waals surface area contributed by atoms with Gasteiger partial charge in [-0.15, -0.1) is 0 Å². The van der Waals surface area contributed by atoms with E-state index >= 15 is 0 Å². The Balaban J connectivity index is 2.60. The number of amides is 1. The second-order valence-electron chi connectivity index (χ2n) is 4.52. The highest BCUT2D eigenvalue weighted by molar-refractivity contribution is 5.82. The lowest BCUT2D eigenvalue weighted by Crippen LogP contribution is -2.46. The lowest BCUT2D eigenvalue weighted by atomic mass is 10.1. The summed E-state index contributed by atoms with van der Waals surface area (Å²) in [5.74, 6) is -0.138. The summed E-state index contributed by atoms with van der Waals surface area (Å²) in [5, 5.41) is 8.65.